The number of thioether (sulfide) groups is 1. The molecule has 5 nitrogen and oxygen atoms in total. The van der Waals surface area contributed by atoms with Crippen molar-refractivity contribution in [3.05, 3.63) is 72.3 Å². The molecule has 1 aromatic heterocycles. The molecule has 31 heavy (non-hydrogen) atoms. The van der Waals surface area contributed by atoms with Crippen LogP contribution < -0.4 is 5.32 Å². The second-order valence-corrected chi connectivity index (χ2v) is 8.91. The summed E-state index contributed by atoms with van der Waals surface area (Å²) in [6.07, 6.45) is 1.72. The van der Waals surface area contributed by atoms with Crippen LogP contribution in [0.15, 0.2) is 60.3 Å². The number of nitrogens with zero attached hydrogens (tertiary/aromatic N) is 3. The van der Waals surface area contributed by atoms with Gasteiger partial charge in [-0.25, -0.2) is 8.78 Å². The summed E-state index contributed by atoms with van der Waals surface area (Å²) < 4.78 is 29.3. The van der Waals surface area contributed by atoms with Gasteiger partial charge in [0.05, 0.1) is 5.75 Å². The molecule has 1 N–H and O–H groups in total. The van der Waals surface area contributed by atoms with E-state index in [0.717, 1.165) is 29.5 Å². The predicted octanol–water partition coefficient (Wildman–Crippen LogP) is 5.44. The molecular formula is C23H24F2N4OS. The van der Waals surface area contributed by atoms with Crippen molar-refractivity contribution in [2.45, 2.75) is 37.9 Å². The van der Waals surface area contributed by atoms with Gasteiger partial charge in [-0.15, -0.1) is 16.8 Å². The predicted molar refractivity (Wildman–Crippen MR) is 120 cm³/mol. The van der Waals surface area contributed by atoms with Crippen LogP contribution >= 0.6 is 11.8 Å². The lowest BCUT2D eigenvalue weighted by atomic mass is 9.87. The molecule has 3 rings (SSSR count). The van der Waals surface area contributed by atoms with Gasteiger partial charge in [0.2, 0.25) is 5.91 Å². The highest BCUT2D eigenvalue weighted by atomic mass is 32.2. The SMILES string of the molecule is C=CCn1c(SCC(=O)Nc2c(F)cccc2F)nnc1-c1ccc(C(C)(C)C)cc1. The number of aromatic nitrogens is 3. The van der Waals surface area contributed by atoms with Crippen molar-refractivity contribution >= 4 is 23.4 Å². The van der Waals surface area contributed by atoms with E-state index in [1.165, 1.54) is 11.6 Å². The van der Waals surface area contributed by atoms with Crippen LogP contribution in [-0.2, 0) is 16.8 Å². The van der Waals surface area contributed by atoms with Crippen molar-refractivity contribution in [1.29, 1.82) is 0 Å². The molecule has 0 unspecified atom stereocenters. The summed E-state index contributed by atoms with van der Waals surface area (Å²) in [5.74, 6) is -1.61. The van der Waals surface area contributed by atoms with E-state index in [0.29, 0.717) is 17.5 Å². The number of nitrogens with one attached hydrogen (secondary N) is 1. The first-order valence-electron chi connectivity index (χ1n) is 9.72. The first-order chi connectivity index (χ1) is 14.7. The number of carbonyl (C=O) groups excluding carboxylic acids is 1. The van der Waals surface area contributed by atoms with Gasteiger partial charge in [0.25, 0.3) is 0 Å². The summed E-state index contributed by atoms with van der Waals surface area (Å²) in [6, 6.07) is 11.5. The molecule has 2 aromatic carbocycles. The van der Waals surface area contributed by atoms with E-state index in [1.807, 2.05) is 16.7 Å². The minimum absolute atomic E-state index is 0.0411. The number of hydrogen-bond donors (Lipinski definition) is 1. The molecular weight excluding hydrogens is 418 g/mol. The monoisotopic (exact) mass is 442 g/mol. The van der Waals surface area contributed by atoms with E-state index in [-0.39, 0.29) is 11.2 Å². The second kappa shape index (κ2) is 9.43. The maximum absolute atomic E-state index is 13.7. The van der Waals surface area contributed by atoms with Crippen molar-refractivity contribution in [3.8, 4) is 11.4 Å². The Morgan fingerprint density at radius 1 is 1.13 bits per heavy atom. The highest BCUT2D eigenvalue weighted by molar-refractivity contribution is 7.99. The van der Waals surface area contributed by atoms with Gasteiger partial charge in [-0.1, -0.05) is 68.9 Å². The van der Waals surface area contributed by atoms with E-state index >= 15 is 0 Å². The third-order valence-corrected chi connectivity index (χ3v) is 5.56. The second-order valence-electron chi connectivity index (χ2n) is 7.97. The minimum atomic E-state index is -0.825. The number of anilines is 1. The molecule has 0 aliphatic heterocycles. The molecule has 0 fully saturated rings. The molecule has 0 spiro atoms. The zero-order chi connectivity index (χ0) is 22.6. The van der Waals surface area contributed by atoms with Gasteiger partial charge in [-0.05, 0) is 23.1 Å². The first-order valence-corrected chi connectivity index (χ1v) is 10.7. The molecule has 1 heterocycles. The number of carbonyl (C=O) groups is 1. The summed E-state index contributed by atoms with van der Waals surface area (Å²) in [5, 5.41) is 11.3. The van der Waals surface area contributed by atoms with Gasteiger partial charge in [0.15, 0.2) is 11.0 Å². The Morgan fingerprint density at radius 3 is 2.35 bits per heavy atom. The van der Waals surface area contributed by atoms with Gasteiger partial charge in [-0.2, -0.15) is 0 Å². The molecule has 0 atom stereocenters. The molecule has 0 saturated heterocycles. The van der Waals surface area contributed by atoms with Crippen LogP contribution in [0.4, 0.5) is 14.5 Å². The van der Waals surface area contributed by atoms with Gasteiger partial charge in [-0.3, -0.25) is 9.36 Å². The fourth-order valence-electron chi connectivity index (χ4n) is 2.94. The maximum Gasteiger partial charge on any atom is 0.235 e. The molecule has 0 radical (unpaired) electrons. The highest BCUT2D eigenvalue weighted by Crippen LogP contribution is 2.28. The molecule has 0 aliphatic rings. The Labute approximate surface area is 184 Å². The highest BCUT2D eigenvalue weighted by Gasteiger charge is 2.18. The van der Waals surface area contributed by atoms with Gasteiger partial charge in [0, 0.05) is 12.1 Å². The van der Waals surface area contributed by atoms with Crippen molar-refractivity contribution in [3.63, 3.8) is 0 Å². The third kappa shape index (κ3) is 5.38. The molecule has 0 saturated carbocycles. The third-order valence-electron chi connectivity index (χ3n) is 4.60. The Bertz CT molecular complexity index is 1070. The number of allylic oxidation sites excluding steroid dienone is 1. The summed E-state index contributed by atoms with van der Waals surface area (Å²) >= 11 is 1.13. The summed E-state index contributed by atoms with van der Waals surface area (Å²) in [4.78, 5) is 12.2. The van der Waals surface area contributed by atoms with Crippen molar-refractivity contribution in [2.24, 2.45) is 0 Å². The van der Waals surface area contributed by atoms with E-state index < -0.39 is 23.2 Å². The lowest BCUT2D eigenvalue weighted by Crippen LogP contribution is -2.16. The Morgan fingerprint density at radius 2 is 1.77 bits per heavy atom. The van der Waals surface area contributed by atoms with Crippen LogP contribution in [0, 0.1) is 11.6 Å². The molecule has 162 valence electrons. The van der Waals surface area contributed by atoms with E-state index in [4.69, 9.17) is 0 Å². The van der Waals surface area contributed by atoms with Crippen LogP contribution in [0.3, 0.4) is 0 Å². The summed E-state index contributed by atoms with van der Waals surface area (Å²) in [7, 11) is 0. The topological polar surface area (TPSA) is 59.8 Å². The summed E-state index contributed by atoms with van der Waals surface area (Å²) in [5.41, 5.74) is 1.68. The van der Waals surface area contributed by atoms with Crippen LogP contribution in [0.5, 0.6) is 0 Å². The molecule has 0 aliphatic carbocycles. The van der Waals surface area contributed by atoms with Crippen LogP contribution in [-0.4, -0.2) is 26.4 Å². The maximum atomic E-state index is 13.7. The minimum Gasteiger partial charge on any atom is -0.320 e. The largest absolute Gasteiger partial charge is 0.320 e. The van der Waals surface area contributed by atoms with Crippen LogP contribution in [0.2, 0.25) is 0 Å². The molecule has 8 heteroatoms. The average molecular weight is 443 g/mol. The average Bonchev–Trinajstić information content (AvgIpc) is 3.12. The van der Waals surface area contributed by atoms with Gasteiger partial charge in [0.1, 0.15) is 17.3 Å². The lowest BCUT2D eigenvalue weighted by molar-refractivity contribution is -0.113. The van der Waals surface area contributed by atoms with E-state index in [2.05, 4.69) is 55.0 Å². The normalized spacial score (nSPS) is 11.4. The number of rotatable bonds is 7. The molecule has 0 bridgehead atoms. The fourth-order valence-corrected chi connectivity index (χ4v) is 3.69. The molecule has 1 amide bonds. The smallest absolute Gasteiger partial charge is 0.235 e. The molecule has 3 aromatic rings. The van der Waals surface area contributed by atoms with Gasteiger partial charge < -0.3 is 5.32 Å². The zero-order valence-electron chi connectivity index (χ0n) is 17.7. The van der Waals surface area contributed by atoms with E-state index in [1.54, 1.807) is 6.08 Å². The standard InChI is InChI=1S/C23H24F2N4OS/c1-5-13-29-21(15-9-11-16(12-10-15)23(2,3)4)27-28-22(29)31-14-19(30)26-20-17(24)7-6-8-18(20)25/h5-12H,1,13-14H2,2-4H3,(H,26,30). The van der Waals surface area contributed by atoms with Crippen molar-refractivity contribution < 1.29 is 13.6 Å². The number of hydrogen-bond acceptors (Lipinski definition) is 4. The van der Waals surface area contributed by atoms with E-state index in [9.17, 15) is 13.6 Å². The Kier molecular flexibility index (Phi) is 6.90. The number of para-hydroxylation sites is 1. The first kappa shape index (κ1) is 22.7. The summed E-state index contributed by atoms with van der Waals surface area (Å²) in [6.45, 7) is 10.7. The fraction of sp³-hybridized carbons (Fsp3) is 0.261. The van der Waals surface area contributed by atoms with Gasteiger partial charge >= 0.3 is 0 Å². The lowest BCUT2D eigenvalue weighted by Gasteiger charge is -2.19. The number of benzene rings is 2. The quantitative estimate of drug-likeness (QED) is 0.391. The van der Waals surface area contributed by atoms with Crippen LogP contribution in [0.25, 0.3) is 11.4 Å². The zero-order valence-corrected chi connectivity index (χ0v) is 18.5. The Hall–Kier alpha value is -3.00. The van der Waals surface area contributed by atoms with Crippen LogP contribution in [0.1, 0.15) is 26.3 Å². The van der Waals surface area contributed by atoms with Crippen molar-refractivity contribution in [2.75, 3.05) is 11.1 Å². The van der Waals surface area contributed by atoms with Crippen molar-refractivity contribution in [1.82, 2.24) is 14.8 Å². The number of amides is 1. The Balaban J connectivity index is 1.76. The number of halogens is 2.